The molecular weight excluding hydrogens is 247 g/mol. The fourth-order valence-electron chi connectivity index (χ4n) is 2.04. The van der Waals surface area contributed by atoms with Gasteiger partial charge in [0, 0.05) is 27.2 Å². The van der Waals surface area contributed by atoms with Gasteiger partial charge in [0.1, 0.15) is 5.82 Å². The predicted octanol–water partition coefficient (Wildman–Crippen LogP) is 1.38. The summed E-state index contributed by atoms with van der Waals surface area (Å²) in [4.78, 5) is 1.73. The molecular formula is C14H23FN2O2. The van der Waals surface area contributed by atoms with Crippen molar-refractivity contribution >= 4 is 5.69 Å². The highest BCUT2D eigenvalue weighted by Gasteiger charge is 2.15. The lowest BCUT2D eigenvalue weighted by Crippen LogP contribution is -2.33. The summed E-state index contributed by atoms with van der Waals surface area (Å²) >= 11 is 0. The summed E-state index contributed by atoms with van der Waals surface area (Å²) < 4.78 is 18.9. The van der Waals surface area contributed by atoms with E-state index in [9.17, 15) is 9.50 Å². The highest BCUT2D eigenvalue weighted by Crippen LogP contribution is 2.23. The molecule has 1 aromatic rings. The summed E-state index contributed by atoms with van der Waals surface area (Å²) in [6.45, 7) is 4.00. The molecule has 1 rings (SSSR count). The number of likely N-dealkylation sites (N-methyl/N-ethyl adjacent to an activating group) is 1. The van der Waals surface area contributed by atoms with Crippen molar-refractivity contribution in [1.82, 2.24) is 5.32 Å². The summed E-state index contributed by atoms with van der Waals surface area (Å²) in [5, 5.41) is 12.9. The molecule has 1 aromatic carbocycles. The Morgan fingerprint density at radius 1 is 1.47 bits per heavy atom. The number of aliphatic hydroxyl groups is 1. The van der Waals surface area contributed by atoms with E-state index in [0.29, 0.717) is 18.8 Å². The maximum atomic E-state index is 14.0. The summed E-state index contributed by atoms with van der Waals surface area (Å²) in [5.41, 5.74) is 1.41. The monoisotopic (exact) mass is 270 g/mol. The van der Waals surface area contributed by atoms with Crippen LogP contribution >= 0.6 is 0 Å². The van der Waals surface area contributed by atoms with Gasteiger partial charge in [0.2, 0.25) is 0 Å². The minimum absolute atomic E-state index is 0.237. The fraction of sp³-hybridized carbons (Fsp3) is 0.571. The van der Waals surface area contributed by atoms with Crippen LogP contribution in [0.25, 0.3) is 0 Å². The number of rotatable bonds is 8. The van der Waals surface area contributed by atoms with Crippen LogP contribution in [-0.2, 0) is 11.3 Å². The zero-order chi connectivity index (χ0) is 14.3. The van der Waals surface area contributed by atoms with Crippen LogP contribution in [0.5, 0.6) is 0 Å². The quantitative estimate of drug-likeness (QED) is 0.749. The molecule has 0 aliphatic rings. The molecule has 0 heterocycles. The summed E-state index contributed by atoms with van der Waals surface area (Å²) in [7, 11) is 3.30. The summed E-state index contributed by atoms with van der Waals surface area (Å²) in [6, 6.07) is 5.02. The maximum Gasteiger partial charge on any atom is 0.146 e. The van der Waals surface area contributed by atoms with Crippen molar-refractivity contribution in [2.24, 2.45) is 0 Å². The number of halogens is 1. The second-order valence-corrected chi connectivity index (χ2v) is 4.52. The molecule has 2 N–H and O–H groups in total. The van der Waals surface area contributed by atoms with E-state index in [1.807, 2.05) is 13.0 Å². The molecule has 5 heteroatoms. The first kappa shape index (κ1) is 15.9. The molecule has 108 valence electrons. The highest BCUT2D eigenvalue weighted by atomic mass is 19.1. The normalized spacial score (nSPS) is 12.5. The zero-order valence-corrected chi connectivity index (χ0v) is 11.8. The number of para-hydroxylation sites is 1. The third-order valence-electron chi connectivity index (χ3n) is 2.86. The Labute approximate surface area is 114 Å². The van der Waals surface area contributed by atoms with Crippen LogP contribution in [0, 0.1) is 5.82 Å². The molecule has 0 bridgehead atoms. The first-order valence-electron chi connectivity index (χ1n) is 6.46. The molecule has 4 nitrogen and oxygen atoms in total. The molecule has 0 amide bonds. The zero-order valence-electron chi connectivity index (χ0n) is 11.8. The maximum absolute atomic E-state index is 14.0. The molecule has 0 saturated heterocycles. The van der Waals surface area contributed by atoms with Gasteiger partial charge in [-0.25, -0.2) is 4.39 Å². The van der Waals surface area contributed by atoms with E-state index in [2.05, 4.69) is 5.32 Å². The van der Waals surface area contributed by atoms with Crippen molar-refractivity contribution in [3.05, 3.63) is 29.6 Å². The van der Waals surface area contributed by atoms with E-state index in [1.165, 1.54) is 13.2 Å². The Morgan fingerprint density at radius 3 is 2.84 bits per heavy atom. The fourth-order valence-corrected chi connectivity index (χ4v) is 2.04. The van der Waals surface area contributed by atoms with E-state index < -0.39 is 6.10 Å². The lowest BCUT2D eigenvalue weighted by atomic mass is 10.1. The minimum atomic E-state index is -0.637. The number of hydrogen-bond acceptors (Lipinski definition) is 4. The number of nitrogens with zero attached hydrogens (tertiary/aromatic N) is 1. The van der Waals surface area contributed by atoms with Crippen LogP contribution in [-0.4, -0.2) is 45.1 Å². The number of hydrogen-bond donors (Lipinski definition) is 2. The predicted molar refractivity (Wildman–Crippen MR) is 74.9 cm³/mol. The lowest BCUT2D eigenvalue weighted by molar-refractivity contribution is 0.0694. The van der Waals surface area contributed by atoms with Gasteiger partial charge < -0.3 is 20.1 Å². The molecule has 0 aliphatic heterocycles. The summed E-state index contributed by atoms with van der Waals surface area (Å²) in [5.74, 6) is -0.275. The van der Waals surface area contributed by atoms with Crippen LogP contribution < -0.4 is 10.2 Å². The van der Waals surface area contributed by atoms with Gasteiger partial charge in [0.25, 0.3) is 0 Å². The van der Waals surface area contributed by atoms with Gasteiger partial charge in [-0.3, -0.25) is 0 Å². The number of anilines is 1. The van der Waals surface area contributed by atoms with Gasteiger partial charge in [-0.1, -0.05) is 19.1 Å². The van der Waals surface area contributed by atoms with E-state index in [0.717, 1.165) is 12.1 Å². The van der Waals surface area contributed by atoms with Gasteiger partial charge in [-0.05, 0) is 18.2 Å². The molecule has 0 fully saturated rings. The van der Waals surface area contributed by atoms with Crippen molar-refractivity contribution < 1.29 is 14.2 Å². The van der Waals surface area contributed by atoms with Crippen molar-refractivity contribution in [2.75, 3.05) is 38.8 Å². The average Bonchev–Trinajstić information content (AvgIpc) is 2.36. The van der Waals surface area contributed by atoms with Crippen molar-refractivity contribution in [3.63, 3.8) is 0 Å². The average molecular weight is 270 g/mol. The SMILES string of the molecule is CCNCc1cccc(F)c1N(C)CC(O)COC. The van der Waals surface area contributed by atoms with Gasteiger partial charge >= 0.3 is 0 Å². The molecule has 0 aliphatic carbocycles. The van der Waals surface area contributed by atoms with Gasteiger partial charge in [-0.15, -0.1) is 0 Å². The standard InChI is InChI=1S/C14H23FN2O2/c1-4-16-8-11-6-5-7-13(15)14(11)17(2)9-12(18)10-19-3/h5-7,12,16,18H,4,8-10H2,1-3H3. The van der Waals surface area contributed by atoms with Gasteiger partial charge in [-0.2, -0.15) is 0 Å². The molecule has 0 saturated carbocycles. The lowest BCUT2D eigenvalue weighted by Gasteiger charge is -2.25. The van der Waals surface area contributed by atoms with Crippen molar-refractivity contribution in [3.8, 4) is 0 Å². The number of aliphatic hydroxyl groups excluding tert-OH is 1. The Morgan fingerprint density at radius 2 is 2.21 bits per heavy atom. The molecule has 0 aromatic heterocycles. The first-order valence-corrected chi connectivity index (χ1v) is 6.46. The second kappa shape index (κ2) is 8.09. The smallest absolute Gasteiger partial charge is 0.146 e. The van der Waals surface area contributed by atoms with Crippen LogP contribution in [0.2, 0.25) is 0 Å². The molecule has 1 unspecified atom stereocenters. The Balaban J connectivity index is 2.84. The van der Waals surface area contributed by atoms with Crippen LogP contribution in [0.4, 0.5) is 10.1 Å². The highest BCUT2D eigenvalue weighted by molar-refractivity contribution is 5.54. The molecule has 0 spiro atoms. The molecule has 0 radical (unpaired) electrons. The van der Waals surface area contributed by atoms with Crippen molar-refractivity contribution in [1.29, 1.82) is 0 Å². The van der Waals surface area contributed by atoms with Crippen LogP contribution in [0.3, 0.4) is 0 Å². The third-order valence-corrected chi connectivity index (χ3v) is 2.86. The van der Waals surface area contributed by atoms with Gasteiger partial charge in [0.05, 0.1) is 18.4 Å². The van der Waals surface area contributed by atoms with E-state index >= 15 is 0 Å². The number of benzene rings is 1. The molecule has 19 heavy (non-hydrogen) atoms. The molecule has 1 atom stereocenters. The third kappa shape index (κ3) is 4.78. The number of ether oxygens (including phenoxy) is 1. The Hall–Kier alpha value is -1.17. The van der Waals surface area contributed by atoms with Crippen LogP contribution in [0.1, 0.15) is 12.5 Å². The Bertz CT molecular complexity index is 388. The van der Waals surface area contributed by atoms with Gasteiger partial charge in [0.15, 0.2) is 0 Å². The number of nitrogens with one attached hydrogen (secondary N) is 1. The van der Waals surface area contributed by atoms with E-state index in [1.54, 1.807) is 18.0 Å². The number of methoxy groups -OCH3 is 1. The van der Waals surface area contributed by atoms with Crippen molar-refractivity contribution in [2.45, 2.75) is 19.6 Å². The topological polar surface area (TPSA) is 44.7 Å². The second-order valence-electron chi connectivity index (χ2n) is 4.52. The minimum Gasteiger partial charge on any atom is -0.389 e. The Kier molecular flexibility index (Phi) is 6.77. The van der Waals surface area contributed by atoms with E-state index in [4.69, 9.17) is 4.74 Å². The van der Waals surface area contributed by atoms with Crippen LogP contribution in [0.15, 0.2) is 18.2 Å². The van der Waals surface area contributed by atoms with E-state index in [-0.39, 0.29) is 12.4 Å². The largest absolute Gasteiger partial charge is 0.389 e. The first-order chi connectivity index (χ1) is 9.10. The summed E-state index contributed by atoms with van der Waals surface area (Å²) in [6.07, 6.45) is -0.637.